The van der Waals surface area contributed by atoms with Gasteiger partial charge in [-0.2, -0.15) is 0 Å². The van der Waals surface area contributed by atoms with Crippen LogP contribution in [0.1, 0.15) is 40.2 Å². The fourth-order valence-electron chi connectivity index (χ4n) is 1.49. The first-order valence-electron chi connectivity index (χ1n) is 6.23. The van der Waals surface area contributed by atoms with E-state index in [0.717, 1.165) is 5.56 Å². The summed E-state index contributed by atoms with van der Waals surface area (Å²) in [5.41, 5.74) is 1.17. The van der Waals surface area contributed by atoms with E-state index in [1.54, 1.807) is 12.1 Å². The molecule has 0 bridgehead atoms. The fourth-order valence-corrected chi connectivity index (χ4v) is 2.71. The highest BCUT2D eigenvalue weighted by molar-refractivity contribution is 7.89. The van der Waals surface area contributed by atoms with Crippen molar-refractivity contribution in [2.75, 3.05) is 6.54 Å². The molecule has 0 aliphatic rings. The summed E-state index contributed by atoms with van der Waals surface area (Å²) in [7, 11) is -3.37. The van der Waals surface area contributed by atoms with Gasteiger partial charge in [0.1, 0.15) is 0 Å². The zero-order chi connectivity index (χ0) is 14.0. The minimum Gasteiger partial charge on any atom is -0.211 e. The van der Waals surface area contributed by atoms with Gasteiger partial charge in [0, 0.05) is 6.54 Å². The second kappa shape index (κ2) is 5.41. The second-order valence-corrected chi connectivity index (χ2v) is 7.79. The molecule has 0 aliphatic carbocycles. The summed E-state index contributed by atoms with van der Waals surface area (Å²) in [5.74, 6) is 0.300. The van der Waals surface area contributed by atoms with Crippen LogP contribution in [0.5, 0.6) is 0 Å². The molecule has 0 amide bonds. The Morgan fingerprint density at radius 2 is 1.61 bits per heavy atom. The highest BCUT2D eigenvalue weighted by atomic mass is 32.2. The Bertz CT molecular complexity index is 482. The first-order chi connectivity index (χ1) is 8.13. The molecule has 0 radical (unpaired) electrons. The molecule has 0 fully saturated rings. The molecule has 1 rings (SSSR count). The Morgan fingerprint density at radius 1 is 1.11 bits per heavy atom. The highest BCUT2D eigenvalue weighted by Crippen LogP contribution is 2.23. The SMILES string of the molecule is CC(C)CNS(=O)(=O)c1ccc(C(C)(C)C)cc1. The van der Waals surface area contributed by atoms with Crippen molar-refractivity contribution in [3.05, 3.63) is 29.8 Å². The van der Waals surface area contributed by atoms with Crippen LogP contribution in [0.3, 0.4) is 0 Å². The van der Waals surface area contributed by atoms with Gasteiger partial charge >= 0.3 is 0 Å². The Morgan fingerprint density at radius 3 is 2.00 bits per heavy atom. The third kappa shape index (κ3) is 4.10. The molecular formula is C14H23NO2S. The number of nitrogens with one attached hydrogen (secondary N) is 1. The lowest BCUT2D eigenvalue weighted by atomic mass is 9.87. The van der Waals surface area contributed by atoms with Gasteiger partial charge in [-0.05, 0) is 29.0 Å². The van der Waals surface area contributed by atoms with Crippen molar-refractivity contribution in [1.29, 1.82) is 0 Å². The Balaban J connectivity index is 2.91. The van der Waals surface area contributed by atoms with Crippen LogP contribution in [0.15, 0.2) is 29.2 Å². The average Bonchev–Trinajstić information content (AvgIpc) is 2.26. The van der Waals surface area contributed by atoms with E-state index in [4.69, 9.17) is 0 Å². The molecule has 0 aliphatic heterocycles. The number of sulfonamides is 1. The van der Waals surface area contributed by atoms with Gasteiger partial charge in [0.25, 0.3) is 0 Å². The smallest absolute Gasteiger partial charge is 0.211 e. The van der Waals surface area contributed by atoms with Crippen molar-refractivity contribution in [2.45, 2.75) is 44.9 Å². The van der Waals surface area contributed by atoms with Gasteiger partial charge in [0.05, 0.1) is 4.90 Å². The predicted octanol–water partition coefficient (Wildman–Crippen LogP) is 2.92. The standard InChI is InChI=1S/C14H23NO2S/c1-11(2)10-15-18(16,17)13-8-6-12(7-9-13)14(3,4)5/h6-9,11,15H,10H2,1-5H3. The van der Waals surface area contributed by atoms with Crippen LogP contribution in [0.4, 0.5) is 0 Å². The molecule has 0 heterocycles. The first kappa shape index (κ1) is 15.2. The van der Waals surface area contributed by atoms with Gasteiger partial charge in [0.2, 0.25) is 10.0 Å². The van der Waals surface area contributed by atoms with E-state index in [-0.39, 0.29) is 5.41 Å². The van der Waals surface area contributed by atoms with E-state index in [1.807, 2.05) is 26.0 Å². The summed E-state index contributed by atoms with van der Waals surface area (Å²) in [6.45, 7) is 10.7. The Labute approximate surface area is 111 Å². The summed E-state index contributed by atoms with van der Waals surface area (Å²) < 4.78 is 26.6. The lowest BCUT2D eigenvalue weighted by molar-refractivity contribution is 0.559. The molecule has 18 heavy (non-hydrogen) atoms. The van der Waals surface area contributed by atoms with Crippen molar-refractivity contribution in [2.24, 2.45) is 5.92 Å². The molecule has 0 spiro atoms. The van der Waals surface area contributed by atoms with Gasteiger partial charge in [-0.15, -0.1) is 0 Å². The van der Waals surface area contributed by atoms with Gasteiger partial charge in [0.15, 0.2) is 0 Å². The van der Waals surface area contributed by atoms with Gasteiger partial charge < -0.3 is 0 Å². The van der Waals surface area contributed by atoms with Crippen LogP contribution in [-0.2, 0) is 15.4 Å². The molecular weight excluding hydrogens is 246 g/mol. The fraction of sp³-hybridized carbons (Fsp3) is 0.571. The van der Waals surface area contributed by atoms with Gasteiger partial charge in [-0.1, -0.05) is 46.8 Å². The maximum absolute atomic E-state index is 12.0. The van der Waals surface area contributed by atoms with Crippen LogP contribution < -0.4 is 4.72 Å². The van der Waals surface area contributed by atoms with Crippen LogP contribution in [0, 0.1) is 5.92 Å². The maximum Gasteiger partial charge on any atom is 0.240 e. The van der Waals surface area contributed by atoms with Gasteiger partial charge in [-0.25, -0.2) is 13.1 Å². The molecule has 0 unspecified atom stereocenters. The van der Waals surface area contributed by atoms with Crippen LogP contribution in [-0.4, -0.2) is 15.0 Å². The minimum absolute atomic E-state index is 0.0354. The Hall–Kier alpha value is -0.870. The van der Waals surface area contributed by atoms with Crippen molar-refractivity contribution in [3.8, 4) is 0 Å². The summed E-state index contributed by atoms with van der Waals surface area (Å²) >= 11 is 0. The Kier molecular flexibility index (Phi) is 4.56. The number of rotatable bonds is 4. The molecule has 0 saturated carbocycles. The van der Waals surface area contributed by atoms with E-state index < -0.39 is 10.0 Å². The van der Waals surface area contributed by atoms with Crippen molar-refractivity contribution in [1.82, 2.24) is 4.72 Å². The molecule has 1 aromatic carbocycles. The van der Waals surface area contributed by atoms with Gasteiger partial charge in [-0.3, -0.25) is 0 Å². The second-order valence-electron chi connectivity index (χ2n) is 6.02. The van der Waals surface area contributed by atoms with E-state index >= 15 is 0 Å². The molecule has 0 atom stereocenters. The number of hydrogen-bond acceptors (Lipinski definition) is 2. The third-order valence-electron chi connectivity index (χ3n) is 2.71. The average molecular weight is 269 g/mol. The van der Waals surface area contributed by atoms with Crippen molar-refractivity contribution in [3.63, 3.8) is 0 Å². The quantitative estimate of drug-likeness (QED) is 0.913. The zero-order valence-corrected chi connectivity index (χ0v) is 12.6. The number of hydrogen-bond donors (Lipinski definition) is 1. The summed E-state index contributed by atoms with van der Waals surface area (Å²) in [6, 6.07) is 7.10. The normalized spacial score (nSPS) is 13.0. The summed E-state index contributed by atoms with van der Waals surface area (Å²) in [4.78, 5) is 0.330. The molecule has 4 heteroatoms. The topological polar surface area (TPSA) is 46.2 Å². The third-order valence-corrected chi connectivity index (χ3v) is 4.15. The lowest BCUT2D eigenvalue weighted by Crippen LogP contribution is -2.27. The van der Waals surface area contributed by atoms with E-state index in [0.29, 0.717) is 17.4 Å². The van der Waals surface area contributed by atoms with E-state index in [2.05, 4.69) is 25.5 Å². The highest BCUT2D eigenvalue weighted by Gasteiger charge is 2.17. The zero-order valence-electron chi connectivity index (χ0n) is 11.8. The molecule has 1 aromatic rings. The molecule has 3 nitrogen and oxygen atoms in total. The maximum atomic E-state index is 12.0. The van der Waals surface area contributed by atoms with E-state index in [1.165, 1.54) is 0 Å². The summed E-state index contributed by atoms with van der Waals surface area (Å²) in [5, 5.41) is 0. The lowest BCUT2D eigenvalue weighted by Gasteiger charge is -2.19. The molecule has 102 valence electrons. The summed E-state index contributed by atoms with van der Waals surface area (Å²) in [6.07, 6.45) is 0. The predicted molar refractivity (Wildman–Crippen MR) is 75.2 cm³/mol. The molecule has 0 saturated heterocycles. The van der Waals surface area contributed by atoms with Crippen LogP contribution >= 0.6 is 0 Å². The largest absolute Gasteiger partial charge is 0.240 e. The number of benzene rings is 1. The molecule has 0 aromatic heterocycles. The monoisotopic (exact) mass is 269 g/mol. The van der Waals surface area contributed by atoms with Crippen molar-refractivity contribution >= 4 is 10.0 Å². The minimum atomic E-state index is -3.37. The first-order valence-corrected chi connectivity index (χ1v) is 7.71. The van der Waals surface area contributed by atoms with Crippen LogP contribution in [0.2, 0.25) is 0 Å². The van der Waals surface area contributed by atoms with Crippen LogP contribution in [0.25, 0.3) is 0 Å². The van der Waals surface area contributed by atoms with E-state index in [9.17, 15) is 8.42 Å². The van der Waals surface area contributed by atoms with Crippen molar-refractivity contribution < 1.29 is 8.42 Å². The molecule has 1 N–H and O–H groups in total.